The second-order valence-corrected chi connectivity index (χ2v) is 5.20. The van der Waals surface area contributed by atoms with Crippen LogP contribution in [-0.4, -0.2) is 26.3 Å². The molecular weight excluding hydrogens is 250 g/mol. The molecule has 0 aliphatic rings. The third-order valence-electron chi connectivity index (χ3n) is 3.70. The van der Waals surface area contributed by atoms with E-state index in [2.05, 4.69) is 35.8 Å². The van der Waals surface area contributed by atoms with E-state index in [0.717, 1.165) is 49.6 Å². The molecule has 5 nitrogen and oxygen atoms in total. The van der Waals surface area contributed by atoms with Gasteiger partial charge in [-0.3, -0.25) is 4.68 Å². The van der Waals surface area contributed by atoms with Gasteiger partial charge in [-0.05, 0) is 40.2 Å². The van der Waals surface area contributed by atoms with Crippen molar-refractivity contribution < 1.29 is 0 Å². The molecule has 0 saturated heterocycles. The van der Waals surface area contributed by atoms with Crippen LogP contribution in [-0.2, 0) is 13.0 Å². The van der Waals surface area contributed by atoms with Crippen molar-refractivity contribution in [2.45, 2.75) is 53.0 Å². The number of rotatable bonds is 7. The Bertz CT molecular complexity index is 553. The number of imidazole rings is 1. The number of H-pyrrole nitrogens is 1. The van der Waals surface area contributed by atoms with Gasteiger partial charge in [0, 0.05) is 24.2 Å². The highest BCUT2D eigenvalue weighted by Gasteiger charge is 2.14. The largest absolute Gasteiger partial charge is 0.342 e. The van der Waals surface area contributed by atoms with Crippen molar-refractivity contribution >= 4 is 0 Å². The molecule has 5 heteroatoms. The monoisotopic (exact) mass is 275 g/mol. The summed E-state index contributed by atoms with van der Waals surface area (Å²) >= 11 is 0. The van der Waals surface area contributed by atoms with E-state index in [1.54, 1.807) is 0 Å². The van der Waals surface area contributed by atoms with Crippen molar-refractivity contribution in [2.24, 2.45) is 5.73 Å². The lowest BCUT2D eigenvalue weighted by molar-refractivity contribution is 0.634. The zero-order chi connectivity index (χ0) is 14.5. The molecule has 0 aliphatic heterocycles. The van der Waals surface area contributed by atoms with E-state index in [9.17, 15) is 0 Å². The Morgan fingerprint density at radius 2 is 2.05 bits per heavy atom. The summed E-state index contributed by atoms with van der Waals surface area (Å²) in [6.07, 6.45) is 6.30. The molecule has 0 saturated carbocycles. The summed E-state index contributed by atoms with van der Waals surface area (Å²) < 4.78 is 2.03. The number of aryl methyl sites for hydroxylation is 3. The molecule has 2 rings (SSSR count). The Balaban J connectivity index is 2.10. The average molecular weight is 275 g/mol. The minimum absolute atomic E-state index is 0.776. The lowest BCUT2D eigenvalue weighted by Gasteiger charge is -2.01. The van der Waals surface area contributed by atoms with E-state index in [1.165, 1.54) is 17.7 Å². The number of hydrogen-bond acceptors (Lipinski definition) is 3. The normalized spacial score (nSPS) is 11.2. The maximum atomic E-state index is 5.50. The molecule has 0 aliphatic carbocycles. The van der Waals surface area contributed by atoms with Crippen LogP contribution in [0.2, 0.25) is 0 Å². The van der Waals surface area contributed by atoms with Gasteiger partial charge in [-0.25, -0.2) is 4.98 Å². The van der Waals surface area contributed by atoms with E-state index in [-0.39, 0.29) is 0 Å². The Hall–Kier alpha value is -1.62. The van der Waals surface area contributed by atoms with Crippen LogP contribution in [0.3, 0.4) is 0 Å². The van der Waals surface area contributed by atoms with E-state index < -0.39 is 0 Å². The predicted molar refractivity (Wildman–Crippen MR) is 81.6 cm³/mol. The number of unbranched alkanes of at least 4 members (excludes halogenated alkanes) is 2. The first-order chi connectivity index (χ1) is 9.67. The predicted octanol–water partition coefficient (Wildman–Crippen LogP) is 2.58. The standard InChI is InChI=1S/C15H25N5/c1-4-20-12(3)15(11(2)19-20)13-10-17-14(18-13)8-6-5-7-9-16/h10H,4-9,16H2,1-3H3,(H,17,18). The zero-order valence-corrected chi connectivity index (χ0v) is 12.7. The van der Waals surface area contributed by atoms with Crippen LogP contribution in [0.4, 0.5) is 0 Å². The molecule has 2 aromatic heterocycles. The number of aromatic nitrogens is 4. The first-order valence-corrected chi connectivity index (χ1v) is 7.45. The molecule has 0 spiro atoms. The second-order valence-electron chi connectivity index (χ2n) is 5.20. The van der Waals surface area contributed by atoms with Crippen molar-refractivity contribution in [3.63, 3.8) is 0 Å². The van der Waals surface area contributed by atoms with E-state index in [1.807, 2.05) is 10.9 Å². The van der Waals surface area contributed by atoms with Gasteiger partial charge >= 0.3 is 0 Å². The average Bonchev–Trinajstić information content (AvgIpc) is 2.99. The van der Waals surface area contributed by atoms with Gasteiger partial charge in [0.15, 0.2) is 0 Å². The van der Waals surface area contributed by atoms with Crippen LogP contribution in [0.5, 0.6) is 0 Å². The van der Waals surface area contributed by atoms with E-state index >= 15 is 0 Å². The molecule has 3 N–H and O–H groups in total. The molecule has 0 bridgehead atoms. The van der Waals surface area contributed by atoms with E-state index in [4.69, 9.17) is 5.73 Å². The Morgan fingerprint density at radius 3 is 2.70 bits per heavy atom. The first kappa shape index (κ1) is 14.8. The Kier molecular flexibility index (Phi) is 4.95. The molecule has 0 aromatic carbocycles. The molecule has 0 unspecified atom stereocenters. The van der Waals surface area contributed by atoms with E-state index in [0.29, 0.717) is 0 Å². The molecule has 2 heterocycles. The van der Waals surface area contributed by atoms with Crippen LogP contribution in [0.25, 0.3) is 11.3 Å². The maximum Gasteiger partial charge on any atom is 0.106 e. The third kappa shape index (κ3) is 3.10. The molecule has 0 fully saturated rings. The van der Waals surface area contributed by atoms with Gasteiger partial charge in [0.2, 0.25) is 0 Å². The third-order valence-corrected chi connectivity index (χ3v) is 3.70. The van der Waals surface area contributed by atoms with Gasteiger partial charge in [-0.15, -0.1) is 0 Å². The topological polar surface area (TPSA) is 72.5 Å². The second kappa shape index (κ2) is 6.70. The number of hydrogen-bond donors (Lipinski definition) is 2. The summed E-state index contributed by atoms with van der Waals surface area (Å²) in [5.74, 6) is 1.06. The van der Waals surface area contributed by atoms with Crippen LogP contribution in [0.15, 0.2) is 6.20 Å². The summed E-state index contributed by atoms with van der Waals surface area (Å²) in [5.41, 5.74) is 10.0. The van der Waals surface area contributed by atoms with Crippen molar-refractivity contribution in [3.8, 4) is 11.3 Å². The van der Waals surface area contributed by atoms with Gasteiger partial charge in [0.1, 0.15) is 5.82 Å². The lowest BCUT2D eigenvalue weighted by Crippen LogP contribution is -1.99. The van der Waals surface area contributed by atoms with Gasteiger partial charge < -0.3 is 10.7 Å². The van der Waals surface area contributed by atoms with Gasteiger partial charge in [-0.2, -0.15) is 5.10 Å². The van der Waals surface area contributed by atoms with Crippen LogP contribution < -0.4 is 5.73 Å². The molecule has 0 radical (unpaired) electrons. The number of nitrogens with two attached hydrogens (primary N) is 1. The molecule has 20 heavy (non-hydrogen) atoms. The minimum Gasteiger partial charge on any atom is -0.342 e. The summed E-state index contributed by atoms with van der Waals surface area (Å²) in [7, 11) is 0. The van der Waals surface area contributed by atoms with Crippen molar-refractivity contribution in [3.05, 3.63) is 23.4 Å². The Morgan fingerprint density at radius 1 is 1.25 bits per heavy atom. The first-order valence-electron chi connectivity index (χ1n) is 7.45. The lowest BCUT2D eigenvalue weighted by atomic mass is 10.1. The minimum atomic E-state index is 0.776. The van der Waals surface area contributed by atoms with Crippen molar-refractivity contribution in [2.75, 3.05) is 6.54 Å². The van der Waals surface area contributed by atoms with Crippen molar-refractivity contribution in [1.82, 2.24) is 19.7 Å². The maximum absolute atomic E-state index is 5.50. The fraction of sp³-hybridized carbons (Fsp3) is 0.600. The zero-order valence-electron chi connectivity index (χ0n) is 12.7. The summed E-state index contributed by atoms with van der Waals surface area (Å²) in [4.78, 5) is 7.91. The summed E-state index contributed by atoms with van der Waals surface area (Å²) in [6, 6.07) is 0. The highest BCUT2D eigenvalue weighted by atomic mass is 15.3. The number of nitrogens with zero attached hydrogens (tertiary/aromatic N) is 3. The van der Waals surface area contributed by atoms with Crippen molar-refractivity contribution in [1.29, 1.82) is 0 Å². The molecular formula is C15H25N5. The van der Waals surface area contributed by atoms with Gasteiger partial charge in [0.25, 0.3) is 0 Å². The highest BCUT2D eigenvalue weighted by Crippen LogP contribution is 2.25. The SMILES string of the molecule is CCn1nc(C)c(-c2cnc(CCCCCN)[nH]2)c1C. The quantitative estimate of drug-likeness (QED) is 0.763. The molecule has 2 aromatic rings. The fourth-order valence-corrected chi connectivity index (χ4v) is 2.62. The highest BCUT2D eigenvalue weighted by molar-refractivity contribution is 5.64. The van der Waals surface area contributed by atoms with Gasteiger partial charge in [0.05, 0.1) is 17.6 Å². The van der Waals surface area contributed by atoms with Crippen LogP contribution in [0.1, 0.15) is 43.4 Å². The summed E-state index contributed by atoms with van der Waals surface area (Å²) in [6.45, 7) is 7.95. The molecule has 0 atom stereocenters. The number of nitrogens with one attached hydrogen (secondary N) is 1. The fourth-order valence-electron chi connectivity index (χ4n) is 2.62. The molecule has 0 amide bonds. The van der Waals surface area contributed by atoms with Gasteiger partial charge in [-0.1, -0.05) is 6.42 Å². The summed E-state index contributed by atoms with van der Waals surface area (Å²) in [5, 5.41) is 4.56. The molecule has 110 valence electrons. The van der Waals surface area contributed by atoms with Crippen LogP contribution in [0, 0.1) is 13.8 Å². The Labute approximate surface area is 120 Å². The van der Waals surface area contributed by atoms with Crippen LogP contribution >= 0.6 is 0 Å². The smallest absolute Gasteiger partial charge is 0.106 e. The number of aromatic amines is 1.